The lowest BCUT2D eigenvalue weighted by molar-refractivity contribution is 0.524. The average molecular weight is 298 g/mol. The van der Waals surface area contributed by atoms with E-state index < -0.39 is 0 Å². The Balaban J connectivity index is 2.01. The van der Waals surface area contributed by atoms with Crippen LogP contribution in [0.2, 0.25) is 0 Å². The van der Waals surface area contributed by atoms with Crippen LogP contribution in [0.3, 0.4) is 0 Å². The second-order valence-corrected chi connectivity index (χ2v) is 4.77. The molecule has 1 aromatic carbocycles. The number of H-pyrrole nitrogens is 1. The fourth-order valence-electron chi connectivity index (χ4n) is 1.61. The minimum absolute atomic E-state index is 0.0496. The average Bonchev–Trinajstić information content (AvgIpc) is 2.78. The highest BCUT2D eigenvalue weighted by Crippen LogP contribution is 2.20. The summed E-state index contributed by atoms with van der Waals surface area (Å²) in [6, 6.07) is 6.93. The van der Waals surface area contributed by atoms with Gasteiger partial charge < -0.3 is 5.32 Å². The zero-order valence-corrected chi connectivity index (χ0v) is 11.0. The molecule has 2 rings (SSSR count). The molecule has 1 unspecified atom stereocenters. The van der Waals surface area contributed by atoms with E-state index in [1.807, 2.05) is 19.1 Å². The molecule has 1 aromatic heterocycles. The predicted molar refractivity (Wildman–Crippen MR) is 67.9 cm³/mol. The molecule has 0 bridgehead atoms. The van der Waals surface area contributed by atoms with Gasteiger partial charge in [-0.2, -0.15) is 5.10 Å². The highest BCUT2D eigenvalue weighted by molar-refractivity contribution is 9.10. The molecule has 0 spiro atoms. The van der Waals surface area contributed by atoms with E-state index in [2.05, 4.69) is 31.4 Å². The first-order valence-electron chi connectivity index (χ1n) is 5.33. The van der Waals surface area contributed by atoms with Crippen LogP contribution in [0.15, 0.2) is 34.9 Å². The monoisotopic (exact) mass is 297 g/mol. The number of aromatic nitrogens is 2. The van der Waals surface area contributed by atoms with Gasteiger partial charge in [0.05, 0.1) is 0 Å². The number of nitrogens with one attached hydrogen (secondary N) is 2. The maximum absolute atomic E-state index is 13.7. The van der Waals surface area contributed by atoms with Crippen LogP contribution in [-0.2, 0) is 6.54 Å². The Bertz CT molecular complexity index is 485. The van der Waals surface area contributed by atoms with Crippen molar-refractivity contribution >= 4 is 15.9 Å². The molecule has 3 nitrogen and oxygen atoms in total. The van der Waals surface area contributed by atoms with Crippen molar-refractivity contribution in [2.24, 2.45) is 0 Å². The smallest absolute Gasteiger partial charge is 0.129 e. The zero-order chi connectivity index (χ0) is 12.3. The van der Waals surface area contributed by atoms with Crippen molar-refractivity contribution < 1.29 is 4.39 Å². The van der Waals surface area contributed by atoms with Crippen molar-refractivity contribution in [3.63, 3.8) is 0 Å². The Morgan fingerprint density at radius 3 is 2.94 bits per heavy atom. The van der Waals surface area contributed by atoms with Crippen LogP contribution in [-0.4, -0.2) is 10.2 Å². The summed E-state index contributed by atoms with van der Waals surface area (Å²) in [5.41, 5.74) is 1.64. The van der Waals surface area contributed by atoms with Crippen molar-refractivity contribution in [3.05, 3.63) is 52.0 Å². The lowest BCUT2D eigenvalue weighted by Gasteiger charge is -2.14. The Labute approximate surface area is 108 Å². The summed E-state index contributed by atoms with van der Waals surface area (Å²) in [6.45, 7) is 2.57. The number of rotatable bonds is 4. The molecule has 90 valence electrons. The minimum Gasteiger partial charge on any atom is -0.304 e. The van der Waals surface area contributed by atoms with E-state index in [1.54, 1.807) is 12.3 Å². The van der Waals surface area contributed by atoms with E-state index in [0.29, 0.717) is 12.1 Å². The molecule has 0 aliphatic carbocycles. The highest BCUT2D eigenvalue weighted by atomic mass is 79.9. The van der Waals surface area contributed by atoms with Gasteiger partial charge in [0, 0.05) is 34.5 Å². The van der Waals surface area contributed by atoms with Gasteiger partial charge in [-0.05, 0) is 25.1 Å². The van der Waals surface area contributed by atoms with E-state index in [1.165, 1.54) is 6.07 Å². The van der Waals surface area contributed by atoms with Crippen LogP contribution in [0.25, 0.3) is 0 Å². The summed E-state index contributed by atoms with van der Waals surface area (Å²) in [6.07, 6.45) is 1.70. The van der Waals surface area contributed by atoms with Crippen LogP contribution in [0, 0.1) is 5.82 Å². The summed E-state index contributed by atoms with van der Waals surface area (Å²) in [7, 11) is 0. The molecule has 2 N–H and O–H groups in total. The first-order chi connectivity index (χ1) is 8.16. The number of hydrogen-bond donors (Lipinski definition) is 2. The van der Waals surface area contributed by atoms with Gasteiger partial charge in [0.1, 0.15) is 5.82 Å². The molecule has 0 saturated carbocycles. The van der Waals surface area contributed by atoms with Crippen LogP contribution >= 0.6 is 15.9 Å². The molecule has 5 heteroatoms. The van der Waals surface area contributed by atoms with Crippen LogP contribution in [0.4, 0.5) is 4.39 Å². The predicted octanol–water partition coefficient (Wildman–Crippen LogP) is 3.16. The fraction of sp³-hybridized carbons (Fsp3) is 0.250. The largest absolute Gasteiger partial charge is 0.304 e. The summed E-state index contributed by atoms with van der Waals surface area (Å²) < 4.78 is 14.4. The topological polar surface area (TPSA) is 40.7 Å². The zero-order valence-electron chi connectivity index (χ0n) is 9.37. The van der Waals surface area contributed by atoms with Gasteiger partial charge in [0.25, 0.3) is 0 Å². The third-order valence-electron chi connectivity index (χ3n) is 2.59. The van der Waals surface area contributed by atoms with Crippen LogP contribution in [0.1, 0.15) is 24.2 Å². The SMILES string of the molecule is CC(NCc1ccn[nH]1)c1ccc(Br)cc1F. The summed E-state index contributed by atoms with van der Waals surface area (Å²) >= 11 is 3.24. The first kappa shape index (κ1) is 12.3. The molecule has 0 radical (unpaired) electrons. The molecule has 0 saturated heterocycles. The number of benzene rings is 1. The van der Waals surface area contributed by atoms with Gasteiger partial charge in [-0.15, -0.1) is 0 Å². The quantitative estimate of drug-likeness (QED) is 0.910. The molecule has 17 heavy (non-hydrogen) atoms. The van der Waals surface area contributed by atoms with Gasteiger partial charge in [0.2, 0.25) is 0 Å². The van der Waals surface area contributed by atoms with Crippen molar-refractivity contribution in [1.82, 2.24) is 15.5 Å². The van der Waals surface area contributed by atoms with Crippen LogP contribution in [0.5, 0.6) is 0 Å². The van der Waals surface area contributed by atoms with E-state index in [-0.39, 0.29) is 11.9 Å². The number of aromatic amines is 1. The molecular formula is C12H13BrFN3. The molecular weight excluding hydrogens is 285 g/mol. The van der Waals surface area contributed by atoms with Gasteiger partial charge >= 0.3 is 0 Å². The maximum atomic E-state index is 13.7. The first-order valence-corrected chi connectivity index (χ1v) is 6.12. The minimum atomic E-state index is -0.205. The van der Waals surface area contributed by atoms with E-state index >= 15 is 0 Å². The van der Waals surface area contributed by atoms with Crippen molar-refractivity contribution in [3.8, 4) is 0 Å². The standard InChI is InChI=1S/C12H13BrFN3/c1-8(15-7-10-4-5-16-17-10)11-3-2-9(13)6-12(11)14/h2-6,8,15H,7H2,1H3,(H,16,17). The molecule has 0 aliphatic rings. The van der Waals surface area contributed by atoms with Crippen molar-refractivity contribution in [2.45, 2.75) is 19.5 Å². The van der Waals surface area contributed by atoms with Gasteiger partial charge in [-0.1, -0.05) is 22.0 Å². The van der Waals surface area contributed by atoms with Gasteiger partial charge in [-0.3, -0.25) is 5.10 Å². The fourth-order valence-corrected chi connectivity index (χ4v) is 1.94. The second-order valence-electron chi connectivity index (χ2n) is 3.85. The summed E-state index contributed by atoms with van der Waals surface area (Å²) in [5.74, 6) is -0.205. The molecule has 0 aliphatic heterocycles. The molecule has 1 heterocycles. The second kappa shape index (κ2) is 5.42. The maximum Gasteiger partial charge on any atom is 0.129 e. The Morgan fingerprint density at radius 2 is 2.29 bits per heavy atom. The summed E-state index contributed by atoms with van der Waals surface area (Å²) in [4.78, 5) is 0. The van der Waals surface area contributed by atoms with Crippen LogP contribution < -0.4 is 5.32 Å². The number of halogens is 2. The third kappa shape index (κ3) is 3.14. The Kier molecular flexibility index (Phi) is 3.91. The number of hydrogen-bond acceptors (Lipinski definition) is 2. The molecule has 0 amide bonds. The lowest BCUT2D eigenvalue weighted by Crippen LogP contribution is -2.19. The molecule has 1 atom stereocenters. The highest BCUT2D eigenvalue weighted by Gasteiger charge is 2.10. The molecule has 2 aromatic rings. The van der Waals surface area contributed by atoms with Crippen molar-refractivity contribution in [1.29, 1.82) is 0 Å². The van der Waals surface area contributed by atoms with Gasteiger partial charge in [0.15, 0.2) is 0 Å². The molecule has 0 fully saturated rings. The normalized spacial score (nSPS) is 12.6. The third-order valence-corrected chi connectivity index (χ3v) is 3.08. The van der Waals surface area contributed by atoms with Gasteiger partial charge in [-0.25, -0.2) is 4.39 Å². The Hall–Kier alpha value is -1.20. The lowest BCUT2D eigenvalue weighted by atomic mass is 10.1. The Morgan fingerprint density at radius 1 is 1.47 bits per heavy atom. The number of nitrogens with zero attached hydrogens (tertiary/aromatic N) is 1. The van der Waals surface area contributed by atoms with Crippen molar-refractivity contribution in [2.75, 3.05) is 0 Å². The van der Waals surface area contributed by atoms with E-state index in [0.717, 1.165) is 10.2 Å². The summed E-state index contributed by atoms with van der Waals surface area (Å²) in [5, 5.41) is 9.95. The van der Waals surface area contributed by atoms with E-state index in [4.69, 9.17) is 0 Å². The van der Waals surface area contributed by atoms with E-state index in [9.17, 15) is 4.39 Å².